The fourth-order valence-electron chi connectivity index (χ4n) is 2.65. The second-order valence-corrected chi connectivity index (χ2v) is 4.86. The van der Waals surface area contributed by atoms with E-state index in [0.29, 0.717) is 24.2 Å². The number of carbonyl (C=O) groups is 1. The van der Waals surface area contributed by atoms with Crippen LogP contribution in [0.1, 0.15) is 28.8 Å². The maximum absolute atomic E-state index is 12.3. The molecular weight excluding hydrogens is 228 g/mol. The van der Waals surface area contributed by atoms with Gasteiger partial charge >= 0.3 is 0 Å². The molecule has 0 aromatic heterocycles. The molecule has 0 saturated carbocycles. The standard InChI is InChI=1S/C14H14N2O2/c15-7-10-1-3-11(4-2-10)14(17)16-8-12-5-6-13(9-16)18-12/h1-4,12-13H,5-6,8-9H2. The summed E-state index contributed by atoms with van der Waals surface area (Å²) in [7, 11) is 0. The zero-order valence-corrected chi connectivity index (χ0v) is 10.0. The lowest BCUT2D eigenvalue weighted by molar-refractivity contribution is -0.0303. The van der Waals surface area contributed by atoms with Gasteiger partial charge in [0.05, 0.1) is 23.8 Å². The van der Waals surface area contributed by atoms with Crippen LogP contribution in [0.25, 0.3) is 0 Å². The minimum absolute atomic E-state index is 0.0414. The zero-order chi connectivity index (χ0) is 12.5. The van der Waals surface area contributed by atoms with Gasteiger partial charge in [0.25, 0.3) is 5.91 Å². The second-order valence-electron chi connectivity index (χ2n) is 4.86. The van der Waals surface area contributed by atoms with Crippen molar-refractivity contribution in [3.05, 3.63) is 35.4 Å². The summed E-state index contributed by atoms with van der Waals surface area (Å²) in [5.74, 6) is 0.0414. The van der Waals surface area contributed by atoms with Crippen LogP contribution in [-0.2, 0) is 4.74 Å². The fourth-order valence-corrected chi connectivity index (χ4v) is 2.65. The molecule has 0 N–H and O–H groups in total. The molecule has 2 bridgehead atoms. The third kappa shape index (κ3) is 1.98. The van der Waals surface area contributed by atoms with Crippen LogP contribution >= 0.6 is 0 Å². The highest BCUT2D eigenvalue weighted by Crippen LogP contribution is 2.27. The first-order valence-corrected chi connectivity index (χ1v) is 6.21. The lowest BCUT2D eigenvalue weighted by Crippen LogP contribution is -2.45. The van der Waals surface area contributed by atoms with Crippen LogP contribution in [0, 0.1) is 11.3 Å². The molecule has 4 nitrogen and oxygen atoms in total. The number of rotatable bonds is 1. The summed E-state index contributed by atoms with van der Waals surface area (Å²) >= 11 is 0. The number of morpholine rings is 1. The molecule has 1 aromatic rings. The first kappa shape index (κ1) is 11.2. The van der Waals surface area contributed by atoms with E-state index in [2.05, 4.69) is 6.07 Å². The topological polar surface area (TPSA) is 53.3 Å². The number of likely N-dealkylation sites (tertiary alicyclic amines) is 1. The van der Waals surface area contributed by atoms with E-state index < -0.39 is 0 Å². The van der Waals surface area contributed by atoms with Gasteiger partial charge in [0, 0.05) is 18.7 Å². The molecule has 92 valence electrons. The molecule has 2 saturated heterocycles. The molecule has 1 aromatic carbocycles. The van der Waals surface area contributed by atoms with Crippen molar-refractivity contribution < 1.29 is 9.53 Å². The van der Waals surface area contributed by atoms with Crippen molar-refractivity contribution in [2.75, 3.05) is 13.1 Å². The normalized spacial score (nSPS) is 25.8. The number of nitriles is 1. The molecule has 0 aliphatic carbocycles. The van der Waals surface area contributed by atoms with Crippen molar-refractivity contribution >= 4 is 5.91 Å². The number of fused-ring (bicyclic) bond motifs is 2. The van der Waals surface area contributed by atoms with Gasteiger partial charge in [-0.3, -0.25) is 4.79 Å². The van der Waals surface area contributed by atoms with E-state index >= 15 is 0 Å². The Morgan fingerprint density at radius 2 is 1.83 bits per heavy atom. The van der Waals surface area contributed by atoms with Gasteiger partial charge in [-0.1, -0.05) is 0 Å². The lowest BCUT2D eigenvalue weighted by atomic mass is 10.1. The van der Waals surface area contributed by atoms with Crippen LogP contribution in [0.5, 0.6) is 0 Å². The van der Waals surface area contributed by atoms with Gasteiger partial charge in [-0.2, -0.15) is 5.26 Å². The molecule has 0 spiro atoms. The molecule has 3 rings (SSSR count). The molecule has 4 heteroatoms. The molecule has 2 atom stereocenters. The van der Waals surface area contributed by atoms with Gasteiger partial charge < -0.3 is 9.64 Å². The van der Waals surface area contributed by atoms with Crippen LogP contribution in [0.3, 0.4) is 0 Å². The van der Waals surface area contributed by atoms with Crippen molar-refractivity contribution in [2.45, 2.75) is 25.0 Å². The Hall–Kier alpha value is -1.86. The van der Waals surface area contributed by atoms with Crippen LogP contribution < -0.4 is 0 Å². The van der Waals surface area contributed by atoms with E-state index in [1.807, 2.05) is 4.90 Å². The number of carbonyl (C=O) groups excluding carboxylic acids is 1. The SMILES string of the molecule is N#Cc1ccc(C(=O)N2CC3CCC(C2)O3)cc1. The Morgan fingerprint density at radius 3 is 2.39 bits per heavy atom. The maximum atomic E-state index is 12.3. The minimum Gasteiger partial charge on any atom is -0.371 e. The van der Waals surface area contributed by atoms with E-state index in [9.17, 15) is 4.79 Å². The van der Waals surface area contributed by atoms with E-state index in [4.69, 9.17) is 10.00 Å². The Balaban J connectivity index is 1.76. The van der Waals surface area contributed by atoms with E-state index in [1.165, 1.54) is 0 Å². The van der Waals surface area contributed by atoms with Gasteiger partial charge in [0.1, 0.15) is 0 Å². The zero-order valence-electron chi connectivity index (χ0n) is 10.0. The number of hydrogen-bond donors (Lipinski definition) is 0. The molecule has 1 amide bonds. The number of nitrogens with zero attached hydrogens (tertiary/aromatic N) is 2. The summed E-state index contributed by atoms with van der Waals surface area (Å²) < 4.78 is 5.71. The van der Waals surface area contributed by atoms with Gasteiger partial charge in [-0.25, -0.2) is 0 Å². The Labute approximate surface area is 106 Å². The first-order chi connectivity index (χ1) is 8.76. The van der Waals surface area contributed by atoms with Crippen molar-refractivity contribution in [1.29, 1.82) is 5.26 Å². The molecule has 2 aliphatic rings. The smallest absolute Gasteiger partial charge is 0.254 e. The summed E-state index contributed by atoms with van der Waals surface area (Å²) in [5.41, 5.74) is 1.23. The average Bonchev–Trinajstić information content (AvgIpc) is 2.77. The summed E-state index contributed by atoms with van der Waals surface area (Å²) in [6.07, 6.45) is 2.54. The highest BCUT2D eigenvalue weighted by atomic mass is 16.5. The van der Waals surface area contributed by atoms with Crippen LogP contribution in [0.4, 0.5) is 0 Å². The van der Waals surface area contributed by atoms with Crippen LogP contribution in [0.2, 0.25) is 0 Å². The van der Waals surface area contributed by atoms with Gasteiger partial charge in [0.15, 0.2) is 0 Å². The van der Waals surface area contributed by atoms with Crippen molar-refractivity contribution in [1.82, 2.24) is 4.90 Å². The largest absolute Gasteiger partial charge is 0.371 e. The van der Waals surface area contributed by atoms with Gasteiger partial charge in [-0.15, -0.1) is 0 Å². The fraction of sp³-hybridized carbons (Fsp3) is 0.429. The number of benzene rings is 1. The molecule has 2 unspecified atom stereocenters. The Kier molecular flexibility index (Phi) is 2.77. The third-order valence-corrected chi connectivity index (χ3v) is 3.59. The van der Waals surface area contributed by atoms with Gasteiger partial charge in [0.2, 0.25) is 0 Å². The summed E-state index contributed by atoms with van der Waals surface area (Å²) in [6, 6.07) is 8.86. The highest BCUT2D eigenvalue weighted by molar-refractivity contribution is 5.94. The van der Waals surface area contributed by atoms with E-state index in [0.717, 1.165) is 12.8 Å². The monoisotopic (exact) mass is 242 g/mol. The van der Waals surface area contributed by atoms with Crippen LogP contribution in [-0.4, -0.2) is 36.1 Å². The minimum atomic E-state index is 0.0414. The van der Waals surface area contributed by atoms with Crippen molar-refractivity contribution in [3.8, 4) is 6.07 Å². The lowest BCUT2D eigenvalue weighted by Gasteiger charge is -2.32. The number of ether oxygens (including phenoxy) is 1. The predicted octanol–water partition coefficient (Wildman–Crippen LogP) is 1.56. The Bertz CT molecular complexity index is 492. The third-order valence-electron chi connectivity index (χ3n) is 3.59. The first-order valence-electron chi connectivity index (χ1n) is 6.21. The van der Waals surface area contributed by atoms with E-state index in [1.54, 1.807) is 24.3 Å². The predicted molar refractivity (Wildman–Crippen MR) is 65.0 cm³/mol. The second kappa shape index (κ2) is 4.43. The average molecular weight is 242 g/mol. The van der Waals surface area contributed by atoms with Crippen molar-refractivity contribution in [3.63, 3.8) is 0 Å². The summed E-state index contributed by atoms with van der Waals surface area (Å²) in [4.78, 5) is 14.2. The molecular formula is C14H14N2O2. The Morgan fingerprint density at radius 1 is 1.22 bits per heavy atom. The quantitative estimate of drug-likeness (QED) is 0.751. The molecule has 2 fully saturated rings. The van der Waals surface area contributed by atoms with Gasteiger partial charge in [-0.05, 0) is 37.1 Å². The molecule has 0 radical (unpaired) electrons. The number of amides is 1. The van der Waals surface area contributed by atoms with Crippen molar-refractivity contribution in [2.24, 2.45) is 0 Å². The molecule has 18 heavy (non-hydrogen) atoms. The van der Waals surface area contributed by atoms with E-state index in [-0.39, 0.29) is 18.1 Å². The maximum Gasteiger partial charge on any atom is 0.254 e. The summed E-state index contributed by atoms with van der Waals surface area (Å²) in [5, 5.41) is 8.73. The summed E-state index contributed by atoms with van der Waals surface area (Å²) in [6.45, 7) is 1.38. The number of hydrogen-bond acceptors (Lipinski definition) is 3. The molecule has 2 aliphatic heterocycles. The van der Waals surface area contributed by atoms with Crippen LogP contribution in [0.15, 0.2) is 24.3 Å². The molecule has 2 heterocycles. The highest BCUT2D eigenvalue weighted by Gasteiger charge is 2.35.